The second kappa shape index (κ2) is 7.79. The zero-order chi connectivity index (χ0) is 17.6. The summed E-state index contributed by atoms with van der Waals surface area (Å²) < 4.78 is 0. The van der Waals surface area contributed by atoms with E-state index in [4.69, 9.17) is 0 Å². The predicted molar refractivity (Wildman–Crippen MR) is 99.4 cm³/mol. The third kappa shape index (κ3) is 3.79. The van der Waals surface area contributed by atoms with E-state index in [-0.39, 0.29) is 11.8 Å². The van der Waals surface area contributed by atoms with Crippen molar-refractivity contribution < 1.29 is 9.59 Å². The highest BCUT2D eigenvalue weighted by Crippen LogP contribution is 2.29. The molecule has 0 aliphatic carbocycles. The maximum absolute atomic E-state index is 12.8. The molecule has 1 aliphatic rings. The van der Waals surface area contributed by atoms with Crippen molar-refractivity contribution in [3.05, 3.63) is 78.4 Å². The highest BCUT2D eigenvalue weighted by atomic mass is 16.2. The standard InChI is InChI=1S/C21H22N2O2/c1-2-13-22-20(24)18-12-14-23(21(18)25)19-11-7-6-10-17(19)15-16-8-4-3-5-9-16/h2-11,18H,1,12-15H2,(H,22,24). The molecule has 128 valence electrons. The van der Waals surface area contributed by atoms with Crippen molar-refractivity contribution in [2.24, 2.45) is 5.92 Å². The van der Waals surface area contributed by atoms with Crippen molar-refractivity contribution in [2.45, 2.75) is 12.8 Å². The molecule has 25 heavy (non-hydrogen) atoms. The van der Waals surface area contributed by atoms with Gasteiger partial charge in [0.2, 0.25) is 11.8 Å². The smallest absolute Gasteiger partial charge is 0.239 e. The topological polar surface area (TPSA) is 49.4 Å². The second-order valence-electron chi connectivity index (χ2n) is 6.16. The number of nitrogens with zero attached hydrogens (tertiary/aromatic N) is 1. The Morgan fingerprint density at radius 3 is 2.64 bits per heavy atom. The van der Waals surface area contributed by atoms with Crippen LogP contribution in [0.2, 0.25) is 0 Å². The van der Waals surface area contributed by atoms with Crippen LogP contribution < -0.4 is 10.2 Å². The SMILES string of the molecule is C=CCNC(=O)C1CCN(c2ccccc2Cc2ccccc2)C1=O. The van der Waals surface area contributed by atoms with E-state index < -0.39 is 5.92 Å². The molecule has 0 saturated carbocycles. The fourth-order valence-corrected chi connectivity index (χ4v) is 3.20. The minimum atomic E-state index is -0.607. The maximum Gasteiger partial charge on any atom is 0.239 e. The summed E-state index contributed by atoms with van der Waals surface area (Å²) >= 11 is 0. The number of hydrogen-bond acceptors (Lipinski definition) is 2. The molecular weight excluding hydrogens is 312 g/mol. The molecule has 4 nitrogen and oxygen atoms in total. The van der Waals surface area contributed by atoms with Gasteiger partial charge in [-0.25, -0.2) is 0 Å². The molecule has 1 heterocycles. The van der Waals surface area contributed by atoms with Gasteiger partial charge in [-0.1, -0.05) is 54.6 Å². The Hall–Kier alpha value is -2.88. The first-order valence-corrected chi connectivity index (χ1v) is 8.52. The summed E-state index contributed by atoms with van der Waals surface area (Å²) in [6, 6.07) is 18.1. The van der Waals surface area contributed by atoms with Crippen LogP contribution in [0, 0.1) is 5.92 Å². The van der Waals surface area contributed by atoms with Crippen LogP contribution in [0.4, 0.5) is 5.69 Å². The molecule has 0 spiro atoms. The summed E-state index contributed by atoms with van der Waals surface area (Å²) in [6.45, 7) is 4.53. The predicted octanol–water partition coefficient (Wildman–Crippen LogP) is 2.93. The maximum atomic E-state index is 12.8. The second-order valence-corrected chi connectivity index (χ2v) is 6.16. The number of anilines is 1. The number of amides is 2. The average molecular weight is 334 g/mol. The Bertz CT molecular complexity index is 770. The highest BCUT2D eigenvalue weighted by Gasteiger charge is 2.37. The lowest BCUT2D eigenvalue weighted by molar-refractivity contribution is -0.131. The van der Waals surface area contributed by atoms with Gasteiger partial charge in [0, 0.05) is 18.8 Å². The van der Waals surface area contributed by atoms with Gasteiger partial charge < -0.3 is 10.2 Å². The number of para-hydroxylation sites is 1. The Kier molecular flexibility index (Phi) is 5.29. The van der Waals surface area contributed by atoms with E-state index in [1.165, 1.54) is 5.56 Å². The molecule has 0 bridgehead atoms. The van der Waals surface area contributed by atoms with E-state index in [2.05, 4.69) is 24.0 Å². The van der Waals surface area contributed by atoms with Crippen molar-refractivity contribution in [3.63, 3.8) is 0 Å². The summed E-state index contributed by atoms with van der Waals surface area (Å²) in [4.78, 5) is 26.7. The summed E-state index contributed by atoms with van der Waals surface area (Å²) in [5.74, 6) is -0.945. The molecule has 1 atom stereocenters. The summed E-state index contributed by atoms with van der Waals surface area (Å²) in [5, 5.41) is 2.73. The number of benzene rings is 2. The van der Waals surface area contributed by atoms with Crippen LogP contribution in [0.15, 0.2) is 67.3 Å². The molecule has 1 N–H and O–H groups in total. The molecule has 1 unspecified atom stereocenters. The van der Waals surface area contributed by atoms with E-state index in [1.54, 1.807) is 11.0 Å². The molecule has 3 rings (SSSR count). The lowest BCUT2D eigenvalue weighted by atomic mass is 10.0. The zero-order valence-corrected chi connectivity index (χ0v) is 14.2. The lowest BCUT2D eigenvalue weighted by Crippen LogP contribution is -2.37. The first kappa shape index (κ1) is 17.0. The van der Waals surface area contributed by atoms with Gasteiger partial charge in [0.05, 0.1) is 0 Å². The first-order chi connectivity index (χ1) is 12.2. The van der Waals surface area contributed by atoms with Gasteiger partial charge in [-0.3, -0.25) is 9.59 Å². The summed E-state index contributed by atoms with van der Waals surface area (Å²) in [6.07, 6.45) is 2.92. The van der Waals surface area contributed by atoms with E-state index in [0.29, 0.717) is 19.5 Å². The fourth-order valence-electron chi connectivity index (χ4n) is 3.20. The Morgan fingerprint density at radius 1 is 1.16 bits per heavy atom. The third-order valence-corrected chi connectivity index (χ3v) is 4.46. The first-order valence-electron chi connectivity index (χ1n) is 8.52. The van der Waals surface area contributed by atoms with Crippen LogP contribution in [0.3, 0.4) is 0 Å². The van der Waals surface area contributed by atoms with Crippen LogP contribution in [0.5, 0.6) is 0 Å². The Balaban J connectivity index is 1.79. The monoisotopic (exact) mass is 334 g/mol. The summed E-state index contributed by atoms with van der Waals surface area (Å²) in [7, 11) is 0. The number of rotatable bonds is 6. The van der Waals surface area contributed by atoms with Crippen LogP contribution in [0.1, 0.15) is 17.5 Å². The molecule has 4 heteroatoms. The van der Waals surface area contributed by atoms with E-state index in [1.807, 2.05) is 42.5 Å². The zero-order valence-electron chi connectivity index (χ0n) is 14.2. The van der Waals surface area contributed by atoms with Crippen molar-refractivity contribution in [1.29, 1.82) is 0 Å². The molecule has 1 fully saturated rings. The molecular formula is C21H22N2O2. The number of carbonyl (C=O) groups excluding carboxylic acids is 2. The van der Waals surface area contributed by atoms with Gasteiger partial charge in [0.1, 0.15) is 5.92 Å². The molecule has 0 radical (unpaired) electrons. The average Bonchev–Trinajstić information content (AvgIpc) is 3.02. The van der Waals surface area contributed by atoms with Gasteiger partial charge in [0.15, 0.2) is 0 Å². The Labute approximate surface area is 148 Å². The van der Waals surface area contributed by atoms with Crippen molar-refractivity contribution >= 4 is 17.5 Å². The number of hydrogen-bond donors (Lipinski definition) is 1. The van der Waals surface area contributed by atoms with Crippen LogP contribution >= 0.6 is 0 Å². The Morgan fingerprint density at radius 2 is 1.88 bits per heavy atom. The molecule has 1 aliphatic heterocycles. The van der Waals surface area contributed by atoms with Crippen molar-refractivity contribution in [1.82, 2.24) is 5.32 Å². The highest BCUT2D eigenvalue weighted by molar-refractivity contribution is 6.09. The van der Waals surface area contributed by atoms with Crippen LogP contribution in [0.25, 0.3) is 0 Å². The van der Waals surface area contributed by atoms with Crippen LogP contribution in [-0.4, -0.2) is 24.9 Å². The fraction of sp³-hybridized carbons (Fsp3) is 0.238. The molecule has 0 aromatic heterocycles. The van der Waals surface area contributed by atoms with Crippen LogP contribution in [-0.2, 0) is 16.0 Å². The van der Waals surface area contributed by atoms with Gasteiger partial charge in [0.25, 0.3) is 0 Å². The van der Waals surface area contributed by atoms with Crippen molar-refractivity contribution in [3.8, 4) is 0 Å². The van der Waals surface area contributed by atoms with Gasteiger partial charge in [-0.2, -0.15) is 0 Å². The number of carbonyl (C=O) groups is 2. The summed E-state index contributed by atoms with van der Waals surface area (Å²) in [5.41, 5.74) is 3.19. The van der Waals surface area contributed by atoms with Gasteiger partial charge in [-0.05, 0) is 30.0 Å². The molecule has 2 aromatic carbocycles. The van der Waals surface area contributed by atoms with E-state index in [9.17, 15) is 9.59 Å². The normalized spacial score (nSPS) is 16.7. The minimum Gasteiger partial charge on any atom is -0.352 e. The van der Waals surface area contributed by atoms with Gasteiger partial charge in [-0.15, -0.1) is 6.58 Å². The molecule has 1 saturated heterocycles. The third-order valence-electron chi connectivity index (χ3n) is 4.46. The lowest BCUT2D eigenvalue weighted by Gasteiger charge is -2.20. The molecule has 2 aromatic rings. The quantitative estimate of drug-likeness (QED) is 0.652. The van der Waals surface area contributed by atoms with E-state index in [0.717, 1.165) is 17.7 Å². The largest absolute Gasteiger partial charge is 0.352 e. The van der Waals surface area contributed by atoms with E-state index >= 15 is 0 Å². The number of nitrogens with one attached hydrogen (secondary N) is 1. The van der Waals surface area contributed by atoms with Gasteiger partial charge >= 0.3 is 0 Å². The van der Waals surface area contributed by atoms with Crippen molar-refractivity contribution in [2.75, 3.05) is 18.0 Å². The molecule has 2 amide bonds. The minimum absolute atomic E-state index is 0.123.